The molecule has 3 rings (SSSR count). The summed E-state index contributed by atoms with van der Waals surface area (Å²) in [5.74, 6) is 0.835. The highest BCUT2D eigenvalue weighted by molar-refractivity contribution is 5.97. The number of urea groups is 1. The van der Waals surface area contributed by atoms with Gasteiger partial charge in [0.05, 0.1) is 0 Å². The summed E-state index contributed by atoms with van der Waals surface area (Å²) in [6, 6.07) is 9.87. The first kappa shape index (κ1) is 17.0. The summed E-state index contributed by atoms with van der Waals surface area (Å²) in [5.41, 5.74) is 0.788. The molecule has 4 nitrogen and oxygen atoms in total. The Morgan fingerprint density at radius 1 is 1.00 bits per heavy atom. The van der Waals surface area contributed by atoms with Crippen molar-refractivity contribution in [2.45, 2.75) is 51.5 Å². The Morgan fingerprint density at radius 3 is 2.33 bits per heavy atom. The van der Waals surface area contributed by atoms with Crippen molar-refractivity contribution in [1.82, 2.24) is 10.2 Å². The molecule has 2 fully saturated rings. The summed E-state index contributed by atoms with van der Waals surface area (Å²) < 4.78 is 0. The number of rotatable bonds is 3. The van der Waals surface area contributed by atoms with E-state index in [1.807, 2.05) is 35.2 Å². The molecule has 1 heterocycles. The van der Waals surface area contributed by atoms with E-state index in [0.29, 0.717) is 25.0 Å². The van der Waals surface area contributed by atoms with E-state index in [0.717, 1.165) is 24.8 Å². The normalized spacial score (nSPS) is 25.3. The second-order valence-corrected chi connectivity index (χ2v) is 7.31. The number of Topliss-reactive ketones (excluding diaryl/α,β-unsaturated/α-hetero) is 1. The molecular formula is C20H28N2O2. The molecule has 1 aromatic rings. The van der Waals surface area contributed by atoms with Gasteiger partial charge >= 0.3 is 6.03 Å². The third kappa shape index (κ3) is 3.97. The van der Waals surface area contributed by atoms with E-state index >= 15 is 0 Å². The Balaban J connectivity index is 1.49. The monoisotopic (exact) mass is 328 g/mol. The van der Waals surface area contributed by atoms with Crippen molar-refractivity contribution in [1.29, 1.82) is 0 Å². The van der Waals surface area contributed by atoms with Gasteiger partial charge in [0.2, 0.25) is 0 Å². The zero-order chi connectivity index (χ0) is 16.9. The lowest BCUT2D eigenvalue weighted by atomic mass is 9.86. The molecule has 1 aliphatic carbocycles. The molecule has 1 aliphatic heterocycles. The van der Waals surface area contributed by atoms with Gasteiger partial charge < -0.3 is 10.2 Å². The Bertz CT molecular complexity index is 564. The van der Waals surface area contributed by atoms with Crippen LogP contribution in [0.1, 0.15) is 55.8 Å². The Kier molecular flexibility index (Phi) is 5.54. The SMILES string of the molecule is C[C@H]1CCCC[C@H]1NC(=O)N1CCC(C(=O)c2ccccc2)CC1. The molecule has 4 heteroatoms. The maximum Gasteiger partial charge on any atom is 0.317 e. The zero-order valence-electron chi connectivity index (χ0n) is 14.5. The van der Waals surface area contributed by atoms with Gasteiger partial charge in [-0.15, -0.1) is 0 Å². The lowest BCUT2D eigenvalue weighted by Crippen LogP contribution is -2.50. The maximum atomic E-state index is 12.5. The van der Waals surface area contributed by atoms with Crippen molar-refractivity contribution < 1.29 is 9.59 Å². The molecular weight excluding hydrogens is 300 g/mol. The van der Waals surface area contributed by atoms with Gasteiger partial charge in [-0.2, -0.15) is 0 Å². The van der Waals surface area contributed by atoms with Gasteiger partial charge in [-0.25, -0.2) is 4.79 Å². The second kappa shape index (κ2) is 7.82. The summed E-state index contributed by atoms with van der Waals surface area (Å²) in [6.45, 7) is 3.58. The highest BCUT2D eigenvalue weighted by Gasteiger charge is 2.30. The molecule has 0 spiro atoms. The number of nitrogens with one attached hydrogen (secondary N) is 1. The minimum Gasteiger partial charge on any atom is -0.335 e. The molecule has 0 radical (unpaired) electrons. The van der Waals surface area contributed by atoms with E-state index in [1.54, 1.807) is 0 Å². The molecule has 2 aliphatic rings. The van der Waals surface area contributed by atoms with Gasteiger partial charge in [0, 0.05) is 30.6 Å². The molecule has 2 amide bonds. The van der Waals surface area contributed by atoms with Crippen LogP contribution in [0, 0.1) is 11.8 Å². The minimum absolute atomic E-state index is 0.0463. The van der Waals surface area contributed by atoms with E-state index in [4.69, 9.17) is 0 Å². The van der Waals surface area contributed by atoms with Gasteiger partial charge in [0.25, 0.3) is 0 Å². The Morgan fingerprint density at radius 2 is 1.67 bits per heavy atom. The standard InChI is InChI=1S/C20H28N2O2/c1-15-7-5-6-10-18(15)21-20(24)22-13-11-17(12-14-22)19(23)16-8-3-2-4-9-16/h2-4,8-9,15,17-18H,5-7,10-14H2,1H3,(H,21,24)/t15-,18+/m0/s1. The average Bonchev–Trinajstić information content (AvgIpc) is 2.64. The predicted octanol–water partition coefficient (Wildman–Crippen LogP) is 3.87. The smallest absolute Gasteiger partial charge is 0.317 e. The number of hydrogen-bond donors (Lipinski definition) is 1. The minimum atomic E-state index is 0.0463. The van der Waals surface area contributed by atoms with E-state index in [1.165, 1.54) is 19.3 Å². The number of carbonyl (C=O) groups is 2. The van der Waals surface area contributed by atoms with Crippen LogP contribution in [-0.4, -0.2) is 35.8 Å². The highest BCUT2D eigenvalue weighted by Crippen LogP contribution is 2.25. The fourth-order valence-electron chi connectivity index (χ4n) is 3.96. The summed E-state index contributed by atoms with van der Waals surface area (Å²) in [6.07, 6.45) is 6.32. The van der Waals surface area contributed by atoms with Crippen LogP contribution in [0.15, 0.2) is 30.3 Å². The molecule has 0 bridgehead atoms. The lowest BCUT2D eigenvalue weighted by molar-refractivity contribution is 0.0851. The quantitative estimate of drug-likeness (QED) is 0.856. The Hall–Kier alpha value is -1.84. The molecule has 0 unspecified atom stereocenters. The maximum absolute atomic E-state index is 12.5. The second-order valence-electron chi connectivity index (χ2n) is 7.31. The van der Waals surface area contributed by atoms with Crippen molar-refractivity contribution >= 4 is 11.8 Å². The first-order chi connectivity index (χ1) is 11.6. The van der Waals surface area contributed by atoms with E-state index in [2.05, 4.69) is 12.2 Å². The van der Waals surface area contributed by atoms with Crippen LogP contribution in [0.25, 0.3) is 0 Å². The first-order valence-corrected chi connectivity index (χ1v) is 9.30. The van der Waals surface area contributed by atoms with Crippen LogP contribution < -0.4 is 5.32 Å². The summed E-state index contributed by atoms with van der Waals surface area (Å²) in [7, 11) is 0. The van der Waals surface area contributed by atoms with Crippen LogP contribution in [-0.2, 0) is 0 Å². The van der Waals surface area contributed by atoms with Crippen molar-refractivity contribution in [2.24, 2.45) is 11.8 Å². The molecule has 130 valence electrons. The van der Waals surface area contributed by atoms with Crippen LogP contribution in [0.2, 0.25) is 0 Å². The third-order valence-electron chi connectivity index (χ3n) is 5.63. The van der Waals surface area contributed by atoms with E-state index in [9.17, 15) is 9.59 Å². The highest BCUT2D eigenvalue weighted by atomic mass is 16.2. The van der Waals surface area contributed by atoms with Crippen LogP contribution >= 0.6 is 0 Å². The fourth-order valence-corrected chi connectivity index (χ4v) is 3.96. The Labute approximate surface area is 144 Å². The number of likely N-dealkylation sites (tertiary alicyclic amines) is 1. The van der Waals surface area contributed by atoms with Crippen LogP contribution in [0.4, 0.5) is 4.79 Å². The number of nitrogens with zero attached hydrogens (tertiary/aromatic N) is 1. The average molecular weight is 328 g/mol. The van der Waals surface area contributed by atoms with Gasteiger partial charge in [-0.05, 0) is 31.6 Å². The number of amides is 2. The largest absolute Gasteiger partial charge is 0.335 e. The zero-order valence-corrected chi connectivity index (χ0v) is 14.5. The third-order valence-corrected chi connectivity index (χ3v) is 5.63. The lowest BCUT2D eigenvalue weighted by Gasteiger charge is -2.35. The van der Waals surface area contributed by atoms with Crippen molar-refractivity contribution in [3.05, 3.63) is 35.9 Å². The van der Waals surface area contributed by atoms with Crippen molar-refractivity contribution in [3.8, 4) is 0 Å². The molecule has 2 atom stereocenters. The van der Waals surface area contributed by atoms with Gasteiger partial charge in [0.15, 0.2) is 5.78 Å². The van der Waals surface area contributed by atoms with Crippen LogP contribution in [0.5, 0.6) is 0 Å². The van der Waals surface area contributed by atoms with Crippen LogP contribution in [0.3, 0.4) is 0 Å². The predicted molar refractivity (Wildman–Crippen MR) is 95.0 cm³/mol. The molecule has 1 aromatic carbocycles. The molecule has 24 heavy (non-hydrogen) atoms. The van der Waals surface area contributed by atoms with Gasteiger partial charge in [-0.1, -0.05) is 50.1 Å². The number of piperidine rings is 1. The number of ketones is 1. The molecule has 1 N–H and O–H groups in total. The van der Waals surface area contributed by atoms with Crippen molar-refractivity contribution in [2.75, 3.05) is 13.1 Å². The number of carbonyl (C=O) groups excluding carboxylic acids is 2. The van der Waals surface area contributed by atoms with Crippen molar-refractivity contribution in [3.63, 3.8) is 0 Å². The topological polar surface area (TPSA) is 49.4 Å². The molecule has 0 aromatic heterocycles. The number of benzene rings is 1. The first-order valence-electron chi connectivity index (χ1n) is 9.30. The molecule has 1 saturated carbocycles. The van der Waals surface area contributed by atoms with Gasteiger partial charge in [0.1, 0.15) is 0 Å². The van der Waals surface area contributed by atoms with E-state index in [-0.39, 0.29) is 17.7 Å². The summed E-state index contributed by atoms with van der Waals surface area (Å²) in [4.78, 5) is 26.9. The fraction of sp³-hybridized carbons (Fsp3) is 0.600. The summed E-state index contributed by atoms with van der Waals surface area (Å²) in [5, 5.41) is 3.22. The van der Waals surface area contributed by atoms with Gasteiger partial charge in [-0.3, -0.25) is 4.79 Å². The van der Waals surface area contributed by atoms with E-state index < -0.39 is 0 Å². The summed E-state index contributed by atoms with van der Waals surface area (Å²) >= 11 is 0. The number of hydrogen-bond acceptors (Lipinski definition) is 2. The molecule has 1 saturated heterocycles.